The van der Waals surface area contributed by atoms with Crippen LogP contribution in [0.25, 0.3) is 16.7 Å². The standard InChI is InChI=1S/C21H18N4O3S2/c1-28-14-8-6-13(7-9-14)25-17-5-3-2-4-16(17)23-21(25)30-12-18(26)24-20-15(19(22)27)10-11-29-20/h2-11H,12H2,1H3,(H2,22,27)(H,24,26). The van der Waals surface area contributed by atoms with Crippen LogP contribution in [0.3, 0.4) is 0 Å². The van der Waals surface area contributed by atoms with E-state index in [-0.39, 0.29) is 11.7 Å². The van der Waals surface area contributed by atoms with E-state index in [0.29, 0.717) is 15.7 Å². The van der Waals surface area contributed by atoms with Crippen LogP contribution >= 0.6 is 23.1 Å². The number of ether oxygens (including phenoxy) is 1. The SMILES string of the molecule is COc1ccc(-n2c(SCC(=O)Nc3sccc3C(N)=O)nc3ccccc32)cc1. The van der Waals surface area contributed by atoms with Crippen molar-refractivity contribution < 1.29 is 14.3 Å². The number of nitrogens with one attached hydrogen (secondary N) is 1. The summed E-state index contributed by atoms with van der Waals surface area (Å²) in [6.45, 7) is 0. The van der Waals surface area contributed by atoms with Crippen molar-refractivity contribution >= 4 is 50.9 Å². The minimum absolute atomic E-state index is 0.135. The van der Waals surface area contributed by atoms with Crippen molar-refractivity contribution in [2.24, 2.45) is 5.73 Å². The Kier molecular flexibility index (Phi) is 5.73. The van der Waals surface area contributed by atoms with Crippen LogP contribution in [-0.4, -0.2) is 34.2 Å². The number of carbonyl (C=O) groups excluding carboxylic acids is 2. The monoisotopic (exact) mass is 438 g/mol. The summed E-state index contributed by atoms with van der Waals surface area (Å²) in [6, 6.07) is 17.1. The van der Waals surface area contributed by atoms with Crippen LogP contribution in [0.4, 0.5) is 5.00 Å². The van der Waals surface area contributed by atoms with Gasteiger partial charge in [0.1, 0.15) is 10.8 Å². The summed E-state index contributed by atoms with van der Waals surface area (Å²) in [6.07, 6.45) is 0. The van der Waals surface area contributed by atoms with Gasteiger partial charge in [-0.25, -0.2) is 4.98 Å². The number of hydrogen-bond donors (Lipinski definition) is 2. The molecule has 0 saturated carbocycles. The van der Waals surface area contributed by atoms with Gasteiger partial charge in [0.15, 0.2) is 5.16 Å². The van der Waals surface area contributed by atoms with Gasteiger partial charge in [0, 0.05) is 5.69 Å². The molecule has 4 rings (SSSR count). The van der Waals surface area contributed by atoms with E-state index in [2.05, 4.69) is 10.3 Å². The second-order valence-corrected chi connectivity index (χ2v) is 8.14. The van der Waals surface area contributed by atoms with Crippen LogP contribution in [-0.2, 0) is 4.79 Å². The Morgan fingerprint density at radius 2 is 1.93 bits per heavy atom. The van der Waals surface area contributed by atoms with E-state index in [1.54, 1.807) is 18.6 Å². The molecule has 0 aliphatic rings. The molecule has 7 nitrogen and oxygen atoms in total. The molecule has 0 aliphatic carbocycles. The normalized spacial score (nSPS) is 10.8. The van der Waals surface area contributed by atoms with E-state index in [9.17, 15) is 9.59 Å². The van der Waals surface area contributed by atoms with Crippen LogP contribution in [0, 0.1) is 0 Å². The average Bonchev–Trinajstić information content (AvgIpc) is 3.36. The topological polar surface area (TPSA) is 99.2 Å². The number of fused-ring (bicyclic) bond motifs is 1. The number of benzene rings is 2. The fourth-order valence-electron chi connectivity index (χ4n) is 2.97. The van der Waals surface area contributed by atoms with Gasteiger partial charge in [-0.1, -0.05) is 23.9 Å². The van der Waals surface area contributed by atoms with Crippen LogP contribution in [0.5, 0.6) is 5.75 Å². The molecule has 0 atom stereocenters. The zero-order valence-corrected chi connectivity index (χ0v) is 17.6. The number of anilines is 1. The molecule has 0 spiro atoms. The minimum atomic E-state index is -0.569. The Hall–Kier alpha value is -3.30. The Morgan fingerprint density at radius 1 is 1.17 bits per heavy atom. The summed E-state index contributed by atoms with van der Waals surface area (Å²) in [4.78, 5) is 28.6. The summed E-state index contributed by atoms with van der Waals surface area (Å²) >= 11 is 2.58. The van der Waals surface area contributed by atoms with Crippen LogP contribution in [0.2, 0.25) is 0 Å². The molecule has 4 aromatic rings. The molecule has 2 heterocycles. The van der Waals surface area contributed by atoms with Crippen molar-refractivity contribution in [3.63, 3.8) is 0 Å². The molecule has 0 saturated heterocycles. The number of rotatable bonds is 7. The molecule has 2 aromatic heterocycles. The number of thiophene rings is 1. The van der Waals surface area contributed by atoms with Gasteiger partial charge in [-0.3, -0.25) is 14.2 Å². The van der Waals surface area contributed by atoms with E-state index in [0.717, 1.165) is 22.5 Å². The second kappa shape index (κ2) is 8.60. The summed E-state index contributed by atoms with van der Waals surface area (Å²) in [7, 11) is 1.62. The van der Waals surface area contributed by atoms with Gasteiger partial charge in [-0.15, -0.1) is 11.3 Å². The largest absolute Gasteiger partial charge is 0.497 e. The maximum atomic E-state index is 12.5. The highest BCUT2D eigenvalue weighted by Crippen LogP contribution is 2.29. The Labute approximate surface area is 180 Å². The van der Waals surface area contributed by atoms with Gasteiger partial charge >= 0.3 is 0 Å². The van der Waals surface area contributed by atoms with Gasteiger partial charge in [0.2, 0.25) is 5.91 Å². The van der Waals surface area contributed by atoms with Crippen molar-refractivity contribution in [1.82, 2.24) is 9.55 Å². The zero-order chi connectivity index (χ0) is 21.1. The highest BCUT2D eigenvalue weighted by molar-refractivity contribution is 7.99. The maximum Gasteiger partial charge on any atom is 0.251 e. The number of primary amides is 1. The van der Waals surface area contributed by atoms with Crippen molar-refractivity contribution in [3.05, 3.63) is 65.5 Å². The number of nitrogens with two attached hydrogens (primary N) is 1. The molecule has 30 heavy (non-hydrogen) atoms. The predicted molar refractivity (Wildman–Crippen MR) is 120 cm³/mol. The van der Waals surface area contributed by atoms with Gasteiger partial charge in [-0.05, 0) is 47.8 Å². The third-order valence-electron chi connectivity index (χ3n) is 4.38. The number of imidazole rings is 1. The Morgan fingerprint density at radius 3 is 2.67 bits per heavy atom. The zero-order valence-electron chi connectivity index (χ0n) is 16.0. The molecular formula is C21H18N4O3S2. The highest BCUT2D eigenvalue weighted by atomic mass is 32.2. The second-order valence-electron chi connectivity index (χ2n) is 6.28. The number of nitrogens with zero attached hydrogens (tertiary/aromatic N) is 2. The molecule has 0 aliphatic heterocycles. The van der Waals surface area contributed by atoms with E-state index < -0.39 is 5.91 Å². The molecule has 2 aromatic carbocycles. The van der Waals surface area contributed by atoms with Crippen molar-refractivity contribution in [2.45, 2.75) is 5.16 Å². The van der Waals surface area contributed by atoms with Gasteiger partial charge in [0.05, 0.1) is 29.5 Å². The van der Waals surface area contributed by atoms with Gasteiger partial charge < -0.3 is 15.8 Å². The lowest BCUT2D eigenvalue weighted by atomic mass is 10.2. The first kappa shape index (κ1) is 20.0. The third kappa shape index (κ3) is 4.03. The third-order valence-corrected chi connectivity index (χ3v) is 6.15. The number of aromatic nitrogens is 2. The molecule has 152 valence electrons. The average molecular weight is 439 g/mol. The molecule has 0 fully saturated rings. The lowest BCUT2D eigenvalue weighted by Crippen LogP contribution is -2.18. The fourth-order valence-corrected chi connectivity index (χ4v) is 4.61. The summed E-state index contributed by atoms with van der Waals surface area (Å²) in [5, 5.41) is 5.62. The van der Waals surface area contributed by atoms with Crippen molar-refractivity contribution in [2.75, 3.05) is 18.2 Å². The summed E-state index contributed by atoms with van der Waals surface area (Å²) < 4.78 is 7.25. The number of methoxy groups -OCH3 is 1. The minimum Gasteiger partial charge on any atom is -0.497 e. The van der Waals surface area contributed by atoms with Crippen LogP contribution < -0.4 is 15.8 Å². The lowest BCUT2D eigenvalue weighted by molar-refractivity contribution is -0.113. The Balaban J connectivity index is 1.58. The van der Waals surface area contributed by atoms with E-state index >= 15 is 0 Å². The molecule has 0 radical (unpaired) electrons. The first-order valence-electron chi connectivity index (χ1n) is 8.98. The number of hydrogen-bond acceptors (Lipinski definition) is 6. The number of thioether (sulfide) groups is 1. The van der Waals surface area contributed by atoms with Crippen LogP contribution in [0.1, 0.15) is 10.4 Å². The molecule has 9 heteroatoms. The van der Waals surface area contributed by atoms with Crippen LogP contribution in [0.15, 0.2) is 65.1 Å². The number of amides is 2. The fraction of sp³-hybridized carbons (Fsp3) is 0.0952. The van der Waals surface area contributed by atoms with Crippen molar-refractivity contribution in [1.29, 1.82) is 0 Å². The van der Waals surface area contributed by atoms with Crippen molar-refractivity contribution in [3.8, 4) is 11.4 Å². The highest BCUT2D eigenvalue weighted by Gasteiger charge is 2.16. The molecule has 0 bridgehead atoms. The quantitative estimate of drug-likeness (QED) is 0.426. The first-order valence-corrected chi connectivity index (χ1v) is 10.8. The predicted octanol–water partition coefficient (Wildman–Crippen LogP) is 3.93. The maximum absolute atomic E-state index is 12.5. The lowest BCUT2D eigenvalue weighted by Gasteiger charge is -2.10. The molecular weight excluding hydrogens is 420 g/mol. The van der Waals surface area contributed by atoms with E-state index in [4.69, 9.17) is 10.5 Å². The number of carbonyl (C=O) groups is 2. The summed E-state index contributed by atoms with van der Waals surface area (Å²) in [5.41, 5.74) is 8.35. The summed E-state index contributed by atoms with van der Waals surface area (Å²) in [5.74, 6) is 0.0898. The molecule has 2 amide bonds. The first-order chi connectivity index (χ1) is 14.6. The van der Waals surface area contributed by atoms with E-state index in [1.165, 1.54) is 23.1 Å². The Bertz CT molecular complexity index is 1210. The molecule has 3 N–H and O–H groups in total. The number of para-hydroxylation sites is 2. The smallest absolute Gasteiger partial charge is 0.251 e. The molecule has 0 unspecified atom stereocenters. The van der Waals surface area contributed by atoms with Gasteiger partial charge in [-0.2, -0.15) is 0 Å². The van der Waals surface area contributed by atoms with Gasteiger partial charge in [0.25, 0.3) is 5.91 Å². The van der Waals surface area contributed by atoms with E-state index in [1.807, 2.05) is 53.1 Å².